The lowest BCUT2D eigenvalue weighted by molar-refractivity contribution is -0.120. The van der Waals surface area contributed by atoms with Gasteiger partial charge in [0.2, 0.25) is 5.91 Å². The summed E-state index contributed by atoms with van der Waals surface area (Å²) in [5.41, 5.74) is 3.67. The van der Waals surface area contributed by atoms with E-state index in [0.717, 1.165) is 26.1 Å². The minimum absolute atomic E-state index is 0.124. The van der Waals surface area contributed by atoms with Crippen LogP contribution in [0.15, 0.2) is 42.5 Å². The fourth-order valence-electron chi connectivity index (χ4n) is 6.36. The highest BCUT2D eigenvalue weighted by Gasteiger charge is 2.56. The number of carbonyl (C=O) groups is 2. The SMILES string of the molecule is CCc1ccc(CN2CC3C(C2)C3CN(C(=O)OC2CCC(=O)N2)c2ccc(N3CCOCC3)c(F)c2)cc1. The van der Waals surface area contributed by atoms with Crippen LogP contribution in [0.25, 0.3) is 0 Å². The predicted octanol–water partition coefficient (Wildman–Crippen LogP) is 3.78. The van der Waals surface area contributed by atoms with Crippen LogP contribution < -0.4 is 15.1 Å². The lowest BCUT2D eigenvalue weighted by Gasteiger charge is -2.30. The highest BCUT2D eigenvalue weighted by atomic mass is 19.1. The van der Waals surface area contributed by atoms with Crippen molar-refractivity contribution in [2.75, 3.05) is 55.7 Å². The van der Waals surface area contributed by atoms with Crippen molar-refractivity contribution in [1.82, 2.24) is 10.2 Å². The van der Waals surface area contributed by atoms with E-state index >= 15 is 4.39 Å². The largest absolute Gasteiger partial charge is 0.425 e. The third-order valence-corrected chi connectivity index (χ3v) is 8.69. The van der Waals surface area contributed by atoms with E-state index in [1.54, 1.807) is 17.0 Å². The molecule has 3 unspecified atom stereocenters. The number of ether oxygens (including phenoxy) is 2. The molecule has 2 aromatic carbocycles. The smallest absolute Gasteiger partial charge is 0.416 e. The van der Waals surface area contributed by atoms with Gasteiger partial charge in [-0.25, -0.2) is 9.18 Å². The van der Waals surface area contributed by atoms with Crippen LogP contribution in [-0.2, 0) is 27.2 Å². The van der Waals surface area contributed by atoms with Crippen LogP contribution >= 0.6 is 0 Å². The van der Waals surface area contributed by atoms with Gasteiger partial charge in [0.1, 0.15) is 5.82 Å². The van der Waals surface area contributed by atoms with E-state index in [4.69, 9.17) is 9.47 Å². The number of morpholine rings is 1. The number of halogens is 1. The standard InChI is InChI=1S/C30H37FN4O4/c1-2-20-3-5-21(6-4-20)16-33-17-23-24(18-33)25(23)19-35(30(37)39-29-10-9-28(36)32-29)22-7-8-27(26(31)15-22)34-11-13-38-14-12-34/h3-8,15,23-25,29H,2,9-14,16-19H2,1H3,(H,32,36). The molecule has 0 aromatic heterocycles. The summed E-state index contributed by atoms with van der Waals surface area (Å²) in [5, 5.41) is 2.69. The molecule has 9 heteroatoms. The Morgan fingerprint density at radius 3 is 2.46 bits per heavy atom. The normalized spacial score (nSPS) is 26.3. The summed E-state index contributed by atoms with van der Waals surface area (Å²) < 4.78 is 26.3. The van der Waals surface area contributed by atoms with Crippen molar-refractivity contribution in [3.63, 3.8) is 0 Å². The summed E-state index contributed by atoms with van der Waals surface area (Å²) in [6, 6.07) is 13.8. The molecule has 3 saturated heterocycles. The number of likely N-dealkylation sites (tertiary alicyclic amines) is 1. The molecule has 39 heavy (non-hydrogen) atoms. The average Bonchev–Trinajstić information content (AvgIpc) is 3.22. The zero-order valence-corrected chi connectivity index (χ0v) is 22.5. The molecular formula is C30H37FN4O4. The van der Waals surface area contributed by atoms with Crippen molar-refractivity contribution in [2.45, 2.75) is 39.0 Å². The molecule has 4 aliphatic rings. The number of amides is 2. The van der Waals surface area contributed by atoms with Crippen molar-refractivity contribution in [3.05, 3.63) is 59.4 Å². The second-order valence-electron chi connectivity index (χ2n) is 11.2. The lowest BCUT2D eigenvalue weighted by atomic mass is 10.1. The Kier molecular flexibility index (Phi) is 7.44. The number of aryl methyl sites for hydroxylation is 1. The number of fused-ring (bicyclic) bond motifs is 1. The van der Waals surface area contributed by atoms with Crippen molar-refractivity contribution in [1.29, 1.82) is 0 Å². The molecule has 4 fully saturated rings. The number of hydrogen-bond acceptors (Lipinski definition) is 6. The summed E-state index contributed by atoms with van der Waals surface area (Å²) in [5.74, 6) is 0.883. The first-order valence-corrected chi connectivity index (χ1v) is 14.2. The van der Waals surface area contributed by atoms with Crippen LogP contribution in [0.3, 0.4) is 0 Å². The molecule has 0 radical (unpaired) electrons. The summed E-state index contributed by atoms with van der Waals surface area (Å²) in [4.78, 5) is 31.0. The molecule has 0 spiro atoms. The quantitative estimate of drug-likeness (QED) is 0.554. The van der Waals surface area contributed by atoms with Gasteiger partial charge in [0.15, 0.2) is 6.23 Å². The van der Waals surface area contributed by atoms with Crippen LogP contribution in [0, 0.1) is 23.6 Å². The molecule has 6 rings (SSSR count). The number of nitrogens with zero attached hydrogens (tertiary/aromatic N) is 3. The monoisotopic (exact) mass is 536 g/mol. The van der Waals surface area contributed by atoms with Crippen molar-refractivity contribution < 1.29 is 23.5 Å². The van der Waals surface area contributed by atoms with E-state index in [1.165, 1.54) is 17.2 Å². The zero-order valence-electron chi connectivity index (χ0n) is 22.5. The number of piperidine rings is 1. The summed E-state index contributed by atoms with van der Waals surface area (Å²) >= 11 is 0. The molecule has 3 atom stereocenters. The van der Waals surface area contributed by atoms with Gasteiger partial charge in [0, 0.05) is 52.1 Å². The predicted molar refractivity (Wildman–Crippen MR) is 146 cm³/mol. The van der Waals surface area contributed by atoms with Crippen LogP contribution in [0.2, 0.25) is 0 Å². The Morgan fingerprint density at radius 2 is 1.82 bits per heavy atom. The van der Waals surface area contributed by atoms with Crippen molar-refractivity contribution >= 4 is 23.4 Å². The summed E-state index contributed by atoms with van der Waals surface area (Å²) in [7, 11) is 0. The topological polar surface area (TPSA) is 74.4 Å². The van der Waals surface area contributed by atoms with Gasteiger partial charge in [0.05, 0.1) is 24.6 Å². The van der Waals surface area contributed by atoms with Gasteiger partial charge in [-0.1, -0.05) is 31.2 Å². The van der Waals surface area contributed by atoms with Crippen molar-refractivity contribution in [2.24, 2.45) is 17.8 Å². The Hall–Kier alpha value is -3.17. The maximum Gasteiger partial charge on any atom is 0.416 e. The van der Waals surface area contributed by atoms with E-state index in [1.807, 2.05) is 4.90 Å². The van der Waals surface area contributed by atoms with E-state index in [9.17, 15) is 9.59 Å². The van der Waals surface area contributed by atoms with Crippen LogP contribution in [0.5, 0.6) is 0 Å². The average molecular weight is 537 g/mol. The molecule has 2 aromatic rings. The Labute approximate surface area is 229 Å². The summed E-state index contributed by atoms with van der Waals surface area (Å²) in [6.07, 6.45) is 0.648. The third kappa shape index (κ3) is 5.75. The van der Waals surface area contributed by atoms with E-state index < -0.39 is 12.3 Å². The van der Waals surface area contributed by atoms with Gasteiger partial charge in [0.25, 0.3) is 0 Å². The molecule has 1 saturated carbocycles. The first kappa shape index (κ1) is 26.1. The van der Waals surface area contributed by atoms with E-state index in [-0.39, 0.29) is 11.7 Å². The maximum atomic E-state index is 15.3. The number of hydrogen-bond donors (Lipinski definition) is 1. The Morgan fingerprint density at radius 1 is 1.10 bits per heavy atom. The minimum atomic E-state index is -0.640. The molecular weight excluding hydrogens is 499 g/mol. The maximum absolute atomic E-state index is 15.3. The van der Waals surface area contributed by atoms with Crippen LogP contribution in [0.1, 0.15) is 30.9 Å². The van der Waals surface area contributed by atoms with Crippen molar-refractivity contribution in [3.8, 4) is 0 Å². The van der Waals surface area contributed by atoms with Gasteiger partial charge >= 0.3 is 6.09 Å². The molecule has 8 nitrogen and oxygen atoms in total. The second kappa shape index (κ2) is 11.1. The Bertz CT molecular complexity index is 1190. The van der Waals surface area contributed by atoms with Gasteiger partial charge in [-0.05, 0) is 53.5 Å². The summed E-state index contributed by atoms with van der Waals surface area (Å²) in [6.45, 7) is 7.97. The van der Waals surface area contributed by atoms with Crippen LogP contribution in [0.4, 0.5) is 20.6 Å². The molecule has 1 N–H and O–H groups in total. The van der Waals surface area contributed by atoms with E-state index in [0.29, 0.717) is 74.8 Å². The fraction of sp³-hybridized carbons (Fsp3) is 0.533. The van der Waals surface area contributed by atoms with Gasteiger partial charge in [-0.2, -0.15) is 0 Å². The number of nitrogens with one attached hydrogen (secondary N) is 1. The highest BCUT2D eigenvalue weighted by Crippen LogP contribution is 2.52. The van der Waals surface area contributed by atoms with Gasteiger partial charge < -0.3 is 19.7 Å². The fourth-order valence-corrected chi connectivity index (χ4v) is 6.36. The third-order valence-electron chi connectivity index (χ3n) is 8.69. The molecule has 2 amide bonds. The number of benzene rings is 2. The minimum Gasteiger partial charge on any atom is -0.425 e. The van der Waals surface area contributed by atoms with Gasteiger partial charge in [-0.15, -0.1) is 0 Å². The number of anilines is 2. The lowest BCUT2D eigenvalue weighted by Crippen LogP contribution is -2.40. The Balaban J connectivity index is 1.12. The molecule has 208 valence electrons. The number of rotatable bonds is 8. The molecule has 3 aliphatic heterocycles. The molecule has 0 bridgehead atoms. The highest BCUT2D eigenvalue weighted by molar-refractivity contribution is 5.89. The van der Waals surface area contributed by atoms with E-state index in [2.05, 4.69) is 41.4 Å². The first-order chi connectivity index (χ1) is 19.0. The molecule has 1 aliphatic carbocycles. The first-order valence-electron chi connectivity index (χ1n) is 14.2. The zero-order chi connectivity index (χ0) is 26.9. The van der Waals surface area contributed by atoms with Gasteiger partial charge in [-0.3, -0.25) is 14.6 Å². The molecule has 3 heterocycles. The number of carbonyl (C=O) groups excluding carboxylic acids is 2. The van der Waals surface area contributed by atoms with Crippen LogP contribution in [-0.4, -0.2) is 69.1 Å². The second-order valence-corrected chi connectivity index (χ2v) is 11.2.